The highest BCUT2D eigenvalue weighted by Crippen LogP contribution is 2.26. The van der Waals surface area contributed by atoms with Gasteiger partial charge in [0.05, 0.1) is 23.8 Å². The van der Waals surface area contributed by atoms with Gasteiger partial charge in [0.25, 0.3) is 0 Å². The number of hydrogen-bond acceptors (Lipinski definition) is 3. The Labute approximate surface area is 107 Å². The number of rotatable bonds is 3. The first kappa shape index (κ1) is 13.0. The van der Waals surface area contributed by atoms with Crippen molar-refractivity contribution in [3.63, 3.8) is 0 Å². The maximum absolute atomic E-state index is 11.6. The Bertz CT molecular complexity index is 454. The summed E-state index contributed by atoms with van der Waals surface area (Å²) in [4.78, 5) is 11.6. The van der Waals surface area contributed by atoms with E-state index in [0.29, 0.717) is 21.2 Å². The van der Waals surface area contributed by atoms with Crippen LogP contribution in [0.5, 0.6) is 0 Å². The summed E-state index contributed by atoms with van der Waals surface area (Å²) in [6.45, 7) is 2.01. The fourth-order valence-electron chi connectivity index (χ4n) is 1.20. The minimum Gasteiger partial charge on any atom is -0.462 e. The van der Waals surface area contributed by atoms with Crippen molar-refractivity contribution >= 4 is 33.5 Å². The predicted octanol–water partition coefficient (Wildman–Crippen LogP) is 3.24. The minimum atomic E-state index is -0.460. The lowest BCUT2D eigenvalue weighted by Crippen LogP contribution is -2.07. The largest absolute Gasteiger partial charge is 0.462 e. The number of carbonyl (C=O) groups excluding carboxylic acids is 1. The lowest BCUT2D eigenvalue weighted by Gasteiger charge is -2.08. The summed E-state index contributed by atoms with van der Waals surface area (Å²) in [6.07, 6.45) is 0. The predicted molar refractivity (Wildman–Crippen MR) is 64.4 cm³/mol. The average molecular weight is 303 g/mol. The second-order valence-electron chi connectivity index (χ2n) is 2.96. The van der Waals surface area contributed by atoms with E-state index in [1.54, 1.807) is 13.0 Å². The zero-order chi connectivity index (χ0) is 12.1. The van der Waals surface area contributed by atoms with E-state index in [-0.39, 0.29) is 12.5 Å². The summed E-state index contributed by atoms with van der Waals surface area (Å²) in [7, 11) is 0. The van der Waals surface area contributed by atoms with Crippen molar-refractivity contribution in [1.82, 2.24) is 0 Å². The Morgan fingerprint density at radius 1 is 1.62 bits per heavy atom. The second-order valence-corrected chi connectivity index (χ2v) is 4.02. The van der Waals surface area contributed by atoms with Crippen LogP contribution in [0.15, 0.2) is 16.6 Å². The monoisotopic (exact) mass is 301 g/mol. The molecule has 5 heteroatoms. The van der Waals surface area contributed by atoms with E-state index in [1.165, 1.54) is 6.07 Å². The highest BCUT2D eigenvalue weighted by Gasteiger charge is 2.15. The molecule has 1 aromatic rings. The van der Waals surface area contributed by atoms with Crippen LogP contribution in [0.1, 0.15) is 28.4 Å². The van der Waals surface area contributed by atoms with Crippen LogP contribution in [0.25, 0.3) is 0 Å². The molecular weight excluding hydrogens is 293 g/mol. The van der Waals surface area contributed by atoms with Gasteiger partial charge in [0.1, 0.15) is 0 Å². The Balaban J connectivity index is 3.27. The van der Waals surface area contributed by atoms with Gasteiger partial charge in [0.15, 0.2) is 0 Å². The van der Waals surface area contributed by atoms with Crippen molar-refractivity contribution in [2.75, 3.05) is 6.61 Å². The molecule has 0 aliphatic rings. The summed E-state index contributed by atoms with van der Waals surface area (Å²) in [5, 5.41) is 8.82. The first-order valence-corrected chi connectivity index (χ1v) is 5.92. The lowest BCUT2D eigenvalue weighted by molar-refractivity contribution is 0.0525. The number of alkyl halides is 1. The minimum absolute atomic E-state index is 0.225. The van der Waals surface area contributed by atoms with Gasteiger partial charge in [-0.2, -0.15) is 5.26 Å². The molecule has 3 nitrogen and oxygen atoms in total. The molecular formula is C11H9BrClNO2. The lowest BCUT2D eigenvalue weighted by atomic mass is 10.1. The molecule has 0 saturated carbocycles. The van der Waals surface area contributed by atoms with Crippen LogP contribution in [0, 0.1) is 11.3 Å². The number of halogens is 2. The van der Waals surface area contributed by atoms with E-state index in [1.807, 2.05) is 6.07 Å². The summed E-state index contributed by atoms with van der Waals surface area (Å²) in [5.41, 5.74) is 1.42. The molecule has 0 aliphatic heterocycles. The molecule has 84 valence electrons. The molecule has 0 amide bonds. The molecule has 1 aromatic carbocycles. The molecule has 0 atom stereocenters. The first-order valence-electron chi connectivity index (χ1n) is 4.59. The van der Waals surface area contributed by atoms with Gasteiger partial charge in [-0.3, -0.25) is 0 Å². The number of nitrogens with zero attached hydrogens (tertiary/aromatic N) is 1. The van der Waals surface area contributed by atoms with Crippen LogP contribution in [-0.2, 0) is 10.6 Å². The van der Waals surface area contributed by atoms with Gasteiger partial charge in [-0.25, -0.2) is 4.79 Å². The summed E-state index contributed by atoms with van der Waals surface area (Å²) in [5.74, 6) is -0.236. The number of hydrogen-bond donors (Lipinski definition) is 0. The van der Waals surface area contributed by atoms with Crippen LogP contribution in [-0.4, -0.2) is 12.6 Å². The van der Waals surface area contributed by atoms with Crippen molar-refractivity contribution in [3.8, 4) is 6.07 Å². The molecule has 0 unspecified atom stereocenters. The Morgan fingerprint density at radius 3 is 2.81 bits per heavy atom. The van der Waals surface area contributed by atoms with Crippen LogP contribution >= 0.6 is 27.5 Å². The van der Waals surface area contributed by atoms with Crippen LogP contribution < -0.4 is 0 Å². The molecule has 16 heavy (non-hydrogen) atoms. The molecule has 0 spiro atoms. The second kappa shape index (κ2) is 5.88. The first-order chi connectivity index (χ1) is 7.63. The van der Waals surface area contributed by atoms with Gasteiger partial charge in [-0.15, -0.1) is 11.6 Å². The van der Waals surface area contributed by atoms with Gasteiger partial charge in [0, 0.05) is 10.4 Å². The molecule has 0 aliphatic carbocycles. The standard InChI is InChI=1S/C11H9BrClNO2/c1-2-16-11(15)9-4-7(6-14)3-8(5-13)10(9)12/h3-4H,2,5H2,1H3. The van der Waals surface area contributed by atoms with E-state index in [9.17, 15) is 4.79 Å². The molecule has 0 aromatic heterocycles. The normalized spacial score (nSPS) is 9.62. The van der Waals surface area contributed by atoms with Crippen molar-refractivity contribution in [2.24, 2.45) is 0 Å². The van der Waals surface area contributed by atoms with E-state index in [4.69, 9.17) is 21.6 Å². The SMILES string of the molecule is CCOC(=O)c1cc(C#N)cc(CCl)c1Br. The molecule has 0 radical (unpaired) electrons. The molecule has 0 saturated heterocycles. The summed E-state index contributed by atoms with van der Waals surface area (Å²) < 4.78 is 5.47. The van der Waals surface area contributed by atoms with Crippen molar-refractivity contribution < 1.29 is 9.53 Å². The number of carbonyl (C=O) groups is 1. The third kappa shape index (κ3) is 2.75. The van der Waals surface area contributed by atoms with Gasteiger partial charge in [0.2, 0.25) is 0 Å². The van der Waals surface area contributed by atoms with Crippen molar-refractivity contribution in [1.29, 1.82) is 5.26 Å². The number of esters is 1. The van der Waals surface area contributed by atoms with E-state index < -0.39 is 5.97 Å². The zero-order valence-electron chi connectivity index (χ0n) is 8.59. The van der Waals surface area contributed by atoms with E-state index in [2.05, 4.69) is 15.9 Å². The Kier molecular flexibility index (Phi) is 4.78. The highest BCUT2D eigenvalue weighted by molar-refractivity contribution is 9.10. The van der Waals surface area contributed by atoms with Crippen LogP contribution in [0.3, 0.4) is 0 Å². The van der Waals surface area contributed by atoms with Crippen LogP contribution in [0.4, 0.5) is 0 Å². The fourth-order valence-corrected chi connectivity index (χ4v) is 2.11. The Hall–Kier alpha value is -1.05. The van der Waals surface area contributed by atoms with Crippen LogP contribution in [0.2, 0.25) is 0 Å². The third-order valence-corrected chi connectivity index (χ3v) is 3.14. The third-order valence-electron chi connectivity index (χ3n) is 1.92. The Morgan fingerprint density at radius 2 is 2.31 bits per heavy atom. The summed E-state index contributed by atoms with van der Waals surface area (Å²) >= 11 is 9.00. The fraction of sp³-hybridized carbons (Fsp3) is 0.273. The van der Waals surface area contributed by atoms with E-state index in [0.717, 1.165) is 0 Å². The average Bonchev–Trinajstić information content (AvgIpc) is 2.29. The smallest absolute Gasteiger partial charge is 0.339 e. The molecule has 0 N–H and O–H groups in total. The zero-order valence-corrected chi connectivity index (χ0v) is 10.9. The molecule has 0 fully saturated rings. The number of benzene rings is 1. The van der Waals surface area contributed by atoms with Crippen molar-refractivity contribution in [2.45, 2.75) is 12.8 Å². The maximum Gasteiger partial charge on any atom is 0.339 e. The molecule has 0 bridgehead atoms. The topological polar surface area (TPSA) is 50.1 Å². The van der Waals surface area contributed by atoms with Gasteiger partial charge in [-0.1, -0.05) is 0 Å². The van der Waals surface area contributed by atoms with Gasteiger partial charge >= 0.3 is 5.97 Å². The van der Waals surface area contributed by atoms with Crippen molar-refractivity contribution in [3.05, 3.63) is 33.3 Å². The van der Waals surface area contributed by atoms with Gasteiger partial charge in [-0.05, 0) is 40.5 Å². The van der Waals surface area contributed by atoms with Gasteiger partial charge < -0.3 is 4.74 Å². The molecule has 0 heterocycles. The summed E-state index contributed by atoms with van der Waals surface area (Å²) in [6, 6.07) is 5.10. The molecule has 1 rings (SSSR count). The number of ether oxygens (including phenoxy) is 1. The number of nitriles is 1. The van der Waals surface area contributed by atoms with E-state index >= 15 is 0 Å². The maximum atomic E-state index is 11.6. The quantitative estimate of drug-likeness (QED) is 0.636. The highest BCUT2D eigenvalue weighted by atomic mass is 79.9.